The number of carbonyl (C=O) groups is 1. The summed E-state index contributed by atoms with van der Waals surface area (Å²) in [4.78, 5) is 37.5. The smallest absolute Gasteiger partial charge is 0.273 e. The average molecular weight is 460 g/mol. The van der Waals surface area contributed by atoms with Crippen molar-refractivity contribution in [2.45, 2.75) is 34.1 Å². The molecule has 4 rings (SSSR count). The number of anilines is 1. The third kappa shape index (κ3) is 4.62. The predicted molar refractivity (Wildman–Crippen MR) is 132 cm³/mol. The molecule has 0 unspecified atom stereocenters. The highest BCUT2D eigenvalue weighted by Gasteiger charge is 2.26. The third-order valence-corrected chi connectivity index (χ3v) is 6.37. The number of nitrogens with zero attached hydrogens (tertiary/aromatic N) is 5. The van der Waals surface area contributed by atoms with Gasteiger partial charge in [-0.1, -0.05) is 42.8 Å². The molecule has 0 saturated carbocycles. The lowest BCUT2D eigenvalue weighted by atomic mass is 10.1. The molecule has 1 amide bonds. The summed E-state index contributed by atoms with van der Waals surface area (Å²) in [6.45, 7) is 10.2. The SMILES string of the molecule is CCc1c(C)nc(-c2ccc(C)cc2)nc1N1CCN(C(=O)c2ccc(C)c([N+](=O)[O-])c2)CC1. The fourth-order valence-corrected chi connectivity index (χ4v) is 4.33. The third-order valence-electron chi connectivity index (χ3n) is 6.37. The first-order chi connectivity index (χ1) is 16.3. The Labute approximate surface area is 199 Å². The van der Waals surface area contributed by atoms with Crippen LogP contribution in [0.4, 0.5) is 11.5 Å². The molecule has 176 valence electrons. The first-order valence-corrected chi connectivity index (χ1v) is 11.5. The minimum Gasteiger partial charge on any atom is -0.353 e. The summed E-state index contributed by atoms with van der Waals surface area (Å²) in [6, 6.07) is 12.9. The lowest BCUT2D eigenvalue weighted by Gasteiger charge is -2.36. The van der Waals surface area contributed by atoms with Gasteiger partial charge in [0.15, 0.2) is 5.82 Å². The molecule has 0 spiro atoms. The lowest BCUT2D eigenvalue weighted by Crippen LogP contribution is -2.49. The summed E-state index contributed by atoms with van der Waals surface area (Å²) in [5.41, 5.74) is 5.11. The number of piperazine rings is 1. The molecular formula is C26H29N5O3. The number of hydrogen-bond donors (Lipinski definition) is 0. The molecule has 1 aliphatic heterocycles. The van der Waals surface area contributed by atoms with Crippen LogP contribution in [0.3, 0.4) is 0 Å². The number of amides is 1. The molecule has 1 fully saturated rings. The Kier molecular flexibility index (Phi) is 6.58. The maximum absolute atomic E-state index is 13.0. The second-order valence-corrected chi connectivity index (χ2v) is 8.69. The van der Waals surface area contributed by atoms with Crippen LogP contribution < -0.4 is 4.90 Å². The van der Waals surface area contributed by atoms with E-state index in [1.54, 1.807) is 24.0 Å². The van der Waals surface area contributed by atoms with Crippen LogP contribution >= 0.6 is 0 Å². The fourth-order valence-electron chi connectivity index (χ4n) is 4.33. The number of hydrogen-bond acceptors (Lipinski definition) is 6. The first-order valence-electron chi connectivity index (χ1n) is 11.5. The Morgan fingerprint density at radius 3 is 2.29 bits per heavy atom. The van der Waals surface area contributed by atoms with Crippen molar-refractivity contribution in [1.82, 2.24) is 14.9 Å². The van der Waals surface area contributed by atoms with E-state index in [9.17, 15) is 14.9 Å². The zero-order valence-corrected chi connectivity index (χ0v) is 20.0. The van der Waals surface area contributed by atoms with Crippen LogP contribution in [-0.4, -0.2) is 51.9 Å². The number of benzene rings is 2. The standard InChI is InChI=1S/C26H29N5O3/c1-5-22-19(4)27-24(20-9-6-17(2)7-10-20)28-25(22)29-12-14-30(15-13-29)26(32)21-11-8-18(3)23(16-21)31(33)34/h6-11,16H,5,12-15H2,1-4H3. The van der Waals surface area contributed by atoms with Crippen molar-refractivity contribution in [2.24, 2.45) is 0 Å². The van der Waals surface area contributed by atoms with Crippen LogP contribution in [0.2, 0.25) is 0 Å². The monoisotopic (exact) mass is 459 g/mol. The molecule has 1 saturated heterocycles. The average Bonchev–Trinajstić information content (AvgIpc) is 2.84. The number of nitro groups is 1. The molecule has 2 heterocycles. The number of nitro benzene ring substituents is 1. The highest BCUT2D eigenvalue weighted by Crippen LogP contribution is 2.27. The molecule has 1 aromatic heterocycles. The van der Waals surface area contributed by atoms with Crippen molar-refractivity contribution in [1.29, 1.82) is 0 Å². The van der Waals surface area contributed by atoms with Gasteiger partial charge in [0.05, 0.1) is 4.92 Å². The zero-order chi connectivity index (χ0) is 24.4. The molecule has 0 radical (unpaired) electrons. The molecule has 0 N–H and O–H groups in total. The van der Waals surface area contributed by atoms with E-state index in [0.29, 0.717) is 43.1 Å². The predicted octanol–water partition coefficient (Wildman–Crippen LogP) is 4.50. The fraction of sp³-hybridized carbons (Fsp3) is 0.346. The quantitative estimate of drug-likeness (QED) is 0.412. The van der Waals surface area contributed by atoms with Crippen LogP contribution in [0.5, 0.6) is 0 Å². The van der Waals surface area contributed by atoms with Gasteiger partial charge in [-0.15, -0.1) is 0 Å². The molecule has 2 aromatic carbocycles. The molecule has 1 aliphatic rings. The van der Waals surface area contributed by atoms with Crippen molar-refractivity contribution < 1.29 is 9.72 Å². The van der Waals surface area contributed by atoms with Gasteiger partial charge in [0.1, 0.15) is 5.82 Å². The highest BCUT2D eigenvalue weighted by atomic mass is 16.6. The number of rotatable bonds is 5. The normalized spacial score (nSPS) is 13.8. The van der Waals surface area contributed by atoms with Gasteiger partial charge in [0.2, 0.25) is 0 Å². The highest BCUT2D eigenvalue weighted by molar-refractivity contribution is 5.95. The van der Waals surface area contributed by atoms with Crippen molar-refractivity contribution >= 4 is 17.4 Å². The number of carbonyl (C=O) groups excluding carboxylic acids is 1. The Balaban J connectivity index is 1.55. The van der Waals surface area contributed by atoms with Gasteiger partial charge in [0.25, 0.3) is 11.6 Å². The Morgan fingerprint density at radius 1 is 1.00 bits per heavy atom. The van der Waals surface area contributed by atoms with Crippen LogP contribution in [0.25, 0.3) is 11.4 Å². The largest absolute Gasteiger partial charge is 0.353 e. The van der Waals surface area contributed by atoms with Gasteiger partial charge in [-0.25, -0.2) is 9.97 Å². The van der Waals surface area contributed by atoms with E-state index in [1.165, 1.54) is 11.6 Å². The molecule has 34 heavy (non-hydrogen) atoms. The summed E-state index contributed by atoms with van der Waals surface area (Å²) >= 11 is 0. The minimum absolute atomic E-state index is 0.0304. The van der Waals surface area contributed by atoms with Gasteiger partial charge >= 0.3 is 0 Å². The number of aromatic nitrogens is 2. The zero-order valence-electron chi connectivity index (χ0n) is 20.0. The lowest BCUT2D eigenvalue weighted by molar-refractivity contribution is -0.385. The molecule has 0 atom stereocenters. The van der Waals surface area contributed by atoms with Crippen LogP contribution in [0, 0.1) is 30.9 Å². The Hall–Kier alpha value is -3.81. The topological polar surface area (TPSA) is 92.5 Å². The molecule has 0 aliphatic carbocycles. The van der Waals surface area contributed by atoms with E-state index in [1.807, 2.05) is 19.1 Å². The maximum atomic E-state index is 13.0. The van der Waals surface area contributed by atoms with Crippen molar-refractivity contribution in [3.63, 3.8) is 0 Å². The second-order valence-electron chi connectivity index (χ2n) is 8.69. The summed E-state index contributed by atoms with van der Waals surface area (Å²) in [6.07, 6.45) is 0.821. The van der Waals surface area contributed by atoms with E-state index in [2.05, 4.69) is 30.9 Å². The Bertz CT molecular complexity index is 1230. The summed E-state index contributed by atoms with van der Waals surface area (Å²) in [5, 5.41) is 11.3. The maximum Gasteiger partial charge on any atom is 0.273 e. The first kappa shape index (κ1) is 23.4. The van der Waals surface area contributed by atoms with E-state index < -0.39 is 4.92 Å². The van der Waals surface area contributed by atoms with Crippen molar-refractivity contribution in [2.75, 3.05) is 31.1 Å². The van der Waals surface area contributed by atoms with E-state index in [4.69, 9.17) is 9.97 Å². The molecule has 0 bridgehead atoms. The van der Waals surface area contributed by atoms with Crippen LogP contribution in [-0.2, 0) is 6.42 Å². The molecule has 3 aromatic rings. The number of aryl methyl sites for hydroxylation is 3. The van der Waals surface area contributed by atoms with Crippen molar-refractivity contribution in [3.05, 3.63) is 80.5 Å². The van der Waals surface area contributed by atoms with E-state index >= 15 is 0 Å². The van der Waals surface area contributed by atoms with E-state index in [-0.39, 0.29) is 11.6 Å². The van der Waals surface area contributed by atoms with Gasteiger partial charge in [0, 0.05) is 60.2 Å². The summed E-state index contributed by atoms with van der Waals surface area (Å²) in [7, 11) is 0. The molecular weight excluding hydrogens is 430 g/mol. The summed E-state index contributed by atoms with van der Waals surface area (Å²) in [5.74, 6) is 1.44. The van der Waals surface area contributed by atoms with Gasteiger partial charge in [-0.05, 0) is 33.3 Å². The molecule has 8 heteroatoms. The van der Waals surface area contributed by atoms with Gasteiger partial charge < -0.3 is 9.80 Å². The van der Waals surface area contributed by atoms with Crippen molar-refractivity contribution in [3.8, 4) is 11.4 Å². The van der Waals surface area contributed by atoms with Crippen LogP contribution in [0.15, 0.2) is 42.5 Å². The Morgan fingerprint density at radius 2 is 1.68 bits per heavy atom. The van der Waals surface area contributed by atoms with Gasteiger partial charge in [-0.3, -0.25) is 14.9 Å². The minimum atomic E-state index is -0.445. The summed E-state index contributed by atoms with van der Waals surface area (Å²) < 4.78 is 0. The van der Waals surface area contributed by atoms with E-state index in [0.717, 1.165) is 29.1 Å². The van der Waals surface area contributed by atoms with Crippen LogP contribution in [0.1, 0.15) is 39.7 Å². The second kappa shape index (κ2) is 9.59. The molecule has 8 nitrogen and oxygen atoms in total. The van der Waals surface area contributed by atoms with Gasteiger partial charge in [-0.2, -0.15) is 0 Å².